The number of aliphatic carboxylic acids is 1. The summed E-state index contributed by atoms with van der Waals surface area (Å²) in [5, 5.41) is 11.9. The lowest BCUT2D eigenvalue weighted by molar-refractivity contribution is -0.142. The lowest BCUT2D eigenvalue weighted by Crippen LogP contribution is -2.45. The number of hydrogen-bond donors (Lipinski definition) is 2. The number of nitrogens with zero attached hydrogens (tertiary/aromatic N) is 1. The molecule has 0 aromatic heterocycles. The van der Waals surface area contributed by atoms with E-state index in [-0.39, 0.29) is 17.7 Å². The largest absolute Gasteiger partial charge is 0.481 e. The van der Waals surface area contributed by atoms with Crippen LogP contribution in [0.3, 0.4) is 0 Å². The minimum atomic E-state index is -0.934. The Kier molecular flexibility index (Phi) is 5.14. The molecular formula is C13H24N2O3. The van der Waals surface area contributed by atoms with Gasteiger partial charge in [0.1, 0.15) is 0 Å². The van der Waals surface area contributed by atoms with Gasteiger partial charge in [-0.05, 0) is 11.8 Å². The lowest BCUT2D eigenvalue weighted by atomic mass is 9.93. The molecule has 0 bridgehead atoms. The molecule has 0 aromatic carbocycles. The second-order valence-electron chi connectivity index (χ2n) is 5.81. The van der Waals surface area contributed by atoms with E-state index in [1.54, 1.807) is 0 Å². The Balaban J connectivity index is 2.78. The fourth-order valence-electron chi connectivity index (χ4n) is 2.23. The van der Waals surface area contributed by atoms with Crippen molar-refractivity contribution in [3.8, 4) is 0 Å². The number of carboxylic acids is 1. The highest BCUT2D eigenvalue weighted by Gasteiger charge is 2.34. The number of hydrogen-bond acceptors (Lipinski definition) is 3. The van der Waals surface area contributed by atoms with Crippen LogP contribution in [0.1, 0.15) is 40.0 Å². The SMILES string of the molecule is CCCCN1CC(C)(C)CNC(CC(=O)O)C1=O. The highest BCUT2D eigenvalue weighted by atomic mass is 16.4. The second kappa shape index (κ2) is 6.18. The summed E-state index contributed by atoms with van der Waals surface area (Å²) in [5.74, 6) is -1.01. The Hall–Kier alpha value is -1.10. The number of unbranched alkanes of at least 4 members (excludes halogenated alkanes) is 1. The van der Waals surface area contributed by atoms with Crippen LogP contribution in [-0.4, -0.2) is 47.6 Å². The Bertz CT molecular complexity index is 315. The summed E-state index contributed by atoms with van der Waals surface area (Å²) in [7, 11) is 0. The highest BCUT2D eigenvalue weighted by molar-refractivity contribution is 5.86. The van der Waals surface area contributed by atoms with Crippen LogP contribution in [-0.2, 0) is 9.59 Å². The van der Waals surface area contributed by atoms with Gasteiger partial charge in [-0.2, -0.15) is 0 Å². The molecule has 1 saturated heterocycles. The van der Waals surface area contributed by atoms with E-state index >= 15 is 0 Å². The van der Waals surface area contributed by atoms with Crippen LogP contribution in [0.25, 0.3) is 0 Å². The molecule has 2 N–H and O–H groups in total. The first kappa shape index (κ1) is 15.0. The average Bonchev–Trinajstić information content (AvgIpc) is 2.37. The zero-order valence-electron chi connectivity index (χ0n) is 11.5. The van der Waals surface area contributed by atoms with Crippen LogP contribution in [0.15, 0.2) is 0 Å². The van der Waals surface area contributed by atoms with E-state index in [1.807, 2.05) is 4.90 Å². The smallest absolute Gasteiger partial charge is 0.305 e. The molecule has 0 radical (unpaired) electrons. The molecule has 0 spiro atoms. The molecule has 1 atom stereocenters. The molecule has 0 saturated carbocycles. The minimum Gasteiger partial charge on any atom is -0.481 e. The lowest BCUT2D eigenvalue weighted by Gasteiger charge is -2.29. The van der Waals surface area contributed by atoms with Crippen molar-refractivity contribution in [3.05, 3.63) is 0 Å². The number of rotatable bonds is 5. The van der Waals surface area contributed by atoms with Crippen LogP contribution in [0.4, 0.5) is 0 Å². The van der Waals surface area contributed by atoms with Gasteiger partial charge in [0, 0.05) is 19.6 Å². The van der Waals surface area contributed by atoms with E-state index in [1.165, 1.54) is 0 Å². The molecule has 18 heavy (non-hydrogen) atoms. The Morgan fingerprint density at radius 2 is 2.22 bits per heavy atom. The van der Waals surface area contributed by atoms with Gasteiger partial charge in [0.2, 0.25) is 5.91 Å². The first-order valence-electron chi connectivity index (χ1n) is 6.59. The molecule has 0 aliphatic carbocycles. The summed E-state index contributed by atoms with van der Waals surface area (Å²) in [6.45, 7) is 8.34. The van der Waals surface area contributed by atoms with Crippen molar-refractivity contribution >= 4 is 11.9 Å². The van der Waals surface area contributed by atoms with Crippen molar-refractivity contribution in [2.75, 3.05) is 19.6 Å². The van der Waals surface area contributed by atoms with Crippen LogP contribution in [0.2, 0.25) is 0 Å². The summed E-state index contributed by atoms with van der Waals surface area (Å²) in [5.41, 5.74) is -0.0172. The maximum atomic E-state index is 12.3. The molecule has 5 nitrogen and oxygen atoms in total. The standard InChI is InChI=1S/C13H24N2O3/c1-4-5-6-15-9-13(2,3)8-14-10(12(15)18)7-11(16)17/h10,14H,4-9H2,1-3H3,(H,16,17). The predicted octanol–water partition coefficient (Wildman–Crippen LogP) is 1.09. The first-order valence-corrected chi connectivity index (χ1v) is 6.59. The van der Waals surface area contributed by atoms with Crippen LogP contribution in [0, 0.1) is 5.41 Å². The Labute approximate surface area is 109 Å². The fourth-order valence-corrected chi connectivity index (χ4v) is 2.23. The molecule has 104 valence electrons. The summed E-state index contributed by atoms with van der Waals surface area (Å²) >= 11 is 0. The van der Waals surface area contributed by atoms with Gasteiger partial charge in [-0.3, -0.25) is 9.59 Å². The minimum absolute atomic E-state index is 0.0172. The molecule has 1 aliphatic heterocycles. The van der Waals surface area contributed by atoms with Crippen molar-refractivity contribution in [3.63, 3.8) is 0 Å². The third kappa shape index (κ3) is 4.29. The highest BCUT2D eigenvalue weighted by Crippen LogP contribution is 2.21. The topological polar surface area (TPSA) is 69.6 Å². The third-order valence-corrected chi connectivity index (χ3v) is 3.22. The monoisotopic (exact) mass is 256 g/mol. The van der Waals surface area contributed by atoms with E-state index in [0.29, 0.717) is 13.1 Å². The molecule has 0 aromatic rings. The van der Waals surface area contributed by atoms with Gasteiger partial charge in [-0.1, -0.05) is 27.2 Å². The van der Waals surface area contributed by atoms with E-state index in [9.17, 15) is 9.59 Å². The molecule has 1 rings (SSSR count). The van der Waals surface area contributed by atoms with Gasteiger partial charge in [-0.25, -0.2) is 0 Å². The van der Waals surface area contributed by atoms with Crippen LogP contribution >= 0.6 is 0 Å². The van der Waals surface area contributed by atoms with E-state index in [2.05, 4.69) is 26.1 Å². The zero-order chi connectivity index (χ0) is 13.8. The first-order chi connectivity index (χ1) is 8.35. The van der Waals surface area contributed by atoms with Crippen LogP contribution < -0.4 is 5.32 Å². The van der Waals surface area contributed by atoms with E-state index < -0.39 is 12.0 Å². The van der Waals surface area contributed by atoms with Crippen molar-refractivity contribution in [2.24, 2.45) is 5.41 Å². The van der Waals surface area contributed by atoms with E-state index in [4.69, 9.17) is 5.11 Å². The summed E-state index contributed by atoms with van der Waals surface area (Å²) in [6, 6.07) is -0.582. The van der Waals surface area contributed by atoms with Gasteiger partial charge in [0.15, 0.2) is 0 Å². The van der Waals surface area contributed by atoms with Gasteiger partial charge in [-0.15, -0.1) is 0 Å². The maximum Gasteiger partial charge on any atom is 0.305 e. The summed E-state index contributed by atoms with van der Waals surface area (Å²) in [4.78, 5) is 24.9. The fraction of sp³-hybridized carbons (Fsp3) is 0.846. The Morgan fingerprint density at radius 3 is 2.78 bits per heavy atom. The molecule has 1 fully saturated rings. The zero-order valence-corrected chi connectivity index (χ0v) is 11.5. The molecule has 1 heterocycles. The quantitative estimate of drug-likeness (QED) is 0.772. The van der Waals surface area contributed by atoms with Gasteiger partial charge in [0.05, 0.1) is 12.5 Å². The number of carboxylic acid groups (broad SMARTS) is 1. The van der Waals surface area contributed by atoms with Crippen LogP contribution in [0.5, 0.6) is 0 Å². The van der Waals surface area contributed by atoms with Gasteiger partial charge >= 0.3 is 5.97 Å². The second-order valence-corrected chi connectivity index (χ2v) is 5.81. The average molecular weight is 256 g/mol. The molecule has 1 aliphatic rings. The normalized spacial score (nSPS) is 23.8. The van der Waals surface area contributed by atoms with Gasteiger partial charge in [0.25, 0.3) is 0 Å². The third-order valence-electron chi connectivity index (χ3n) is 3.22. The van der Waals surface area contributed by atoms with Gasteiger partial charge < -0.3 is 15.3 Å². The number of amides is 1. The Morgan fingerprint density at radius 1 is 1.56 bits per heavy atom. The van der Waals surface area contributed by atoms with E-state index in [0.717, 1.165) is 19.4 Å². The van der Waals surface area contributed by atoms with Crippen molar-refractivity contribution in [1.82, 2.24) is 10.2 Å². The van der Waals surface area contributed by atoms with Crippen molar-refractivity contribution in [2.45, 2.75) is 46.1 Å². The molecular weight excluding hydrogens is 232 g/mol. The van der Waals surface area contributed by atoms with Crippen molar-refractivity contribution in [1.29, 1.82) is 0 Å². The molecule has 5 heteroatoms. The predicted molar refractivity (Wildman–Crippen MR) is 69.3 cm³/mol. The van der Waals surface area contributed by atoms with Crippen molar-refractivity contribution < 1.29 is 14.7 Å². The number of nitrogens with one attached hydrogen (secondary N) is 1. The molecule has 1 unspecified atom stereocenters. The molecule has 1 amide bonds. The number of carbonyl (C=O) groups is 2. The maximum absolute atomic E-state index is 12.3. The summed E-state index contributed by atoms with van der Waals surface area (Å²) < 4.78 is 0. The number of carbonyl (C=O) groups excluding carboxylic acids is 1. The summed E-state index contributed by atoms with van der Waals surface area (Å²) in [6.07, 6.45) is 1.85.